The molecule has 0 saturated heterocycles. The van der Waals surface area contributed by atoms with Gasteiger partial charge in [0.25, 0.3) is 0 Å². The highest BCUT2D eigenvalue weighted by atomic mass is 16.4. The highest BCUT2D eigenvalue weighted by Crippen LogP contribution is 2.16. The number of benzene rings is 2. The summed E-state index contributed by atoms with van der Waals surface area (Å²) >= 11 is 0. The fraction of sp³-hybridized carbons (Fsp3) is 0.320. The van der Waals surface area contributed by atoms with Crippen molar-refractivity contribution in [1.29, 1.82) is 0 Å². The first-order valence-electron chi connectivity index (χ1n) is 10.8. The highest BCUT2D eigenvalue weighted by molar-refractivity contribution is 5.87. The van der Waals surface area contributed by atoms with Crippen LogP contribution in [-0.2, 0) is 24.3 Å². The van der Waals surface area contributed by atoms with Gasteiger partial charge in [0.15, 0.2) is 0 Å². The fourth-order valence-corrected chi connectivity index (χ4v) is 3.63. The summed E-state index contributed by atoms with van der Waals surface area (Å²) < 4.78 is 0. The van der Waals surface area contributed by atoms with Crippen LogP contribution in [-0.4, -0.2) is 44.4 Å². The first-order valence-corrected chi connectivity index (χ1v) is 10.8. The molecule has 168 valence electrons. The van der Waals surface area contributed by atoms with Gasteiger partial charge >= 0.3 is 5.97 Å². The van der Waals surface area contributed by atoms with Gasteiger partial charge in [-0.05, 0) is 29.2 Å². The van der Waals surface area contributed by atoms with Crippen LogP contribution >= 0.6 is 0 Å². The second kappa shape index (κ2) is 11.2. The van der Waals surface area contributed by atoms with Gasteiger partial charge in [0.05, 0.1) is 23.6 Å². The minimum Gasteiger partial charge on any atom is -0.478 e. The zero-order chi connectivity index (χ0) is 22.9. The smallest absolute Gasteiger partial charge is 0.335 e. The molecule has 0 bridgehead atoms. The minimum absolute atomic E-state index is 0.00777. The van der Waals surface area contributed by atoms with Crippen LogP contribution in [0.1, 0.15) is 41.0 Å². The van der Waals surface area contributed by atoms with Gasteiger partial charge in [-0.3, -0.25) is 4.79 Å². The molecule has 1 heterocycles. The van der Waals surface area contributed by atoms with E-state index in [-0.39, 0.29) is 23.4 Å². The zero-order valence-electron chi connectivity index (χ0n) is 18.5. The number of rotatable bonds is 11. The summed E-state index contributed by atoms with van der Waals surface area (Å²) in [5.74, 6) is -0.898. The summed E-state index contributed by atoms with van der Waals surface area (Å²) in [5, 5.41) is 12.7. The molecule has 2 aromatic carbocycles. The van der Waals surface area contributed by atoms with Gasteiger partial charge in [0.2, 0.25) is 5.91 Å². The molecule has 0 radical (unpaired) electrons. The highest BCUT2D eigenvalue weighted by Gasteiger charge is 2.27. The van der Waals surface area contributed by atoms with E-state index in [0.717, 1.165) is 23.2 Å². The number of carbonyl (C=O) groups excluding carboxylic acids is 1. The summed E-state index contributed by atoms with van der Waals surface area (Å²) in [4.78, 5) is 34.0. The standard InChI is InChI=1S/C25H30N4O3/c1-18(2)23(27-12-11-22-14-26-17-28-22)24(30)29(15-19-7-4-3-5-8-19)16-20-9-6-10-21(13-20)25(31)32/h3-10,13-14,17-18,23,27H,11-12,15-16H2,1-2H3,(H,26,28)(H,31,32). The van der Waals surface area contributed by atoms with Crippen molar-refractivity contribution in [3.05, 3.63) is 89.5 Å². The number of aromatic amines is 1. The summed E-state index contributed by atoms with van der Waals surface area (Å²) in [6, 6.07) is 16.2. The van der Waals surface area contributed by atoms with Crippen molar-refractivity contribution in [2.75, 3.05) is 6.54 Å². The molecule has 3 N–H and O–H groups in total. The summed E-state index contributed by atoms with van der Waals surface area (Å²) in [6.07, 6.45) is 4.22. The van der Waals surface area contributed by atoms with E-state index in [2.05, 4.69) is 15.3 Å². The molecule has 32 heavy (non-hydrogen) atoms. The van der Waals surface area contributed by atoms with Crippen LogP contribution in [0.15, 0.2) is 67.1 Å². The van der Waals surface area contributed by atoms with Gasteiger partial charge in [-0.15, -0.1) is 0 Å². The van der Waals surface area contributed by atoms with Crippen molar-refractivity contribution in [1.82, 2.24) is 20.2 Å². The molecular weight excluding hydrogens is 404 g/mol. The monoisotopic (exact) mass is 434 g/mol. The Morgan fingerprint density at radius 2 is 1.78 bits per heavy atom. The first-order chi connectivity index (χ1) is 15.4. The SMILES string of the molecule is CC(C)C(NCCc1c[nH]cn1)C(=O)N(Cc1ccccc1)Cc1cccc(C(=O)O)c1. The van der Waals surface area contributed by atoms with Gasteiger partial charge in [0.1, 0.15) is 0 Å². The predicted octanol–water partition coefficient (Wildman–Crippen LogP) is 3.49. The Morgan fingerprint density at radius 1 is 1.06 bits per heavy atom. The molecule has 1 aromatic heterocycles. The number of aromatic carboxylic acids is 1. The van der Waals surface area contributed by atoms with Crippen LogP contribution < -0.4 is 5.32 Å². The third-order valence-corrected chi connectivity index (χ3v) is 5.31. The van der Waals surface area contributed by atoms with E-state index in [0.29, 0.717) is 19.6 Å². The fourth-order valence-electron chi connectivity index (χ4n) is 3.63. The maximum atomic E-state index is 13.6. The number of hydrogen-bond donors (Lipinski definition) is 3. The van der Waals surface area contributed by atoms with Gasteiger partial charge in [-0.1, -0.05) is 56.3 Å². The Labute approximate surface area is 188 Å². The third-order valence-electron chi connectivity index (χ3n) is 5.31. The molecule has 0 saturated carbocycles. The van der Waals surface area contributed by atoms with Crippen LogP contribution in [0.4, 0.5) is 0 Å². The van der Waals surface area contributed by atoms with Crippen LogP contribution in [0.3, 0.4) is 0 Å². The van der Waals surface area contributed by atoms with E-state index in [1.165, 1.54) is 0 Å². The number of H-pyrrole nitrogens is 1. The normalized spacial score (nSPS) is 12.0. The molecule has 0 aliphatic rings. The van der Waals surface area contributed by atoms with Gasteiger partial charge in [-0.25, -0.2) is 9.78 Å². The number of hydrogen-bond acceptors (Lipinski definition) is 4. The van der Waals surface area contributed by atoms with Crippen LogP contribution in [0, 0.1) is 5.92 Å². The van der Waals surface area contributed by atoms with Crippen molar-refractivity contribution in [2.24, 2.45) is 5.92 Å². The van der Waals surface area contributed by atoms with Crippen LogP contribution in [0.2, 0.25) is 0 Å². The summed E-state index contributed by atoms with van der Waals surface area (Å²) in [6.45, 7) is 5.46. The number of carbonyl (C=O) groups is 2. The van der Waals surface area contributed by atoms with Crippen molar-refractivity contribution in [3.8, 4) is 0 Å². The average Bonchev–Trinajstić information content (AvgIpc) is 3.30. The van der Waals surface area contributed by atoms with E-state index in [4.69, 9.17) is 0 Å². The number of imidazole rings is 1. The van der Waals surface area contributed by atoms with E-state index in [9.17, 15) is 14.7 Å². The Kier molecular flexibility index (Phi) is 8.16. The molecule has 1 unspecified atom stereocenters. The Hall–Kier alpha value is -3.45. The molecule has 3 rings (SSSR count). The lowest BCUT2D eigenvalue weighted by Gasteiger charge is -2.30. The van der Waals surface area contributed by atoms with E-state index < -0.39 is 5.97 Å². The van der Waals surface area contributed by atoms with Crippen molar-refractivity contribution in [2.45, 2.75) is 39.4 Å². The second-order valence-corrected chi connectivity index (χ2v) is 8.17. The molecule has 3 aromatic rings. The number of aromatic nitrogens is 2. The van der Waals surface area contributed by atoms with Crippen LogP contribution in [0.5, 0.6) is 0 Å². The molecule has 1 atom stereocenters. The molecule has 7 heteroatoms. The van der Waals surface area contributed by atoms with E-state index >= 15 is 0 Å². The second-order valence-electron chi connectivity index (χ2n) is 8.17. The van der Waals surface area contributed by atoms with Crippen molar-refractivity contribution >= 4 is 11.9 Å². The lowest BCUT2D eigenvalue weighted by Crippen LogP contribution is -2.49. The van der Waals surface area contributed by atoms with Gasteiger partial charge in [-0.2, -0.15) is 0 Å². The van der Waals surface area contributed by atoms with E-state index in [1.54, 1.807) is 29.4 Å². The molecule has 0 fully saturated rings. The topological polar surface area (TPSA) is 98.3 Å². The maximum Gasteiger partial charge on any atom is 0.335 e. The molecule has 0 aliphatic heterocycles. The number of carboxylic acid groups (broad SMARTS) is 1. The minimum atomic E-state index is -0.979. The van der Waals surface area contributed by atoms with Crippen LogP contribution in [0.25, 0.3) is 0 Å². The lowest BCUT2D eigenvalue weighted by molar-refractivity contribution is -0.135. The Morgan fingerprint density at radius 3 is 2.44 bits per heavy atom. The zero-order valence-corrected chi connectivity index (χ0v) is 18.5. The Bertz CT molecular complexity index is 1000. The number of nitrogens with one attached hydrogen (secondary N) is 2. The summed E-state index contributed by atoms with van der Waals surface area (Å²) in [5.41, 5.74) is 2.97. The molecule has 1 amide bonds. The first kappa shape index (κ1) is 23.2. The number of amides is 1. The van der Waals surface area contributed by atoms with Crippen molar-refractivity contribution in [3.63, 3.8) is 0 Å². The average molecular weight is 435 g/mol. The maximum absolute atomic E-state index is 13.6. The third kappa shape index (κ3) is 6.52. The van der Waals surface area contributed by atoms with E-state index in [1.807, 2.05) is 56.4 Å². The Balaban J connectivity index is 1.78. The predicted molar refractivity (Wildman–Crippen MR) is 123 cm³/mol. The van der Waals surface area contributed by atoms with Gasteiger partial charge < -0.3 is 20.3 Å². The lowest BCUT2D eigenvalue weighted by atomic mass is 10.0. The molecule has 0 spiro atoms. The van der Waals surface area contributed by atoms with Gasteiger partial charge in [0, 0.05) is 32.3 Å². The molecule has 7 nitrogen and oxygen atoms in total. The number of nitrogens with zero attached hydrogens (tertiary/aromatic N) is 2. The molecule has 0 aliphatic carbocycles. The quantitative estimate of drug-likeness (QED) is 0.429. The molecular formula is C25H30N4O3. The summed E-state index contributed by atoms with van der Waals surface area (Å²) in [7, 11) is 0. The number of carboxylic acids is 1. The largest absolute Gasteiger partial charge is 0.478 e. The van der Waals surface area contributed by atoms with Crippen molar-refractivity contribution < 1.29 is 14.7 Å².